The van der Waals surface area contributed by atoms with E-state index in [-0.39, 0.29) is 23.1 Å². The second-order valence-corrected chi connectivity index (χ2v) is 3.79. The van der Waals surface area contributed by atoms with Crippen molar-refractivity contribution in [1.29, 1.82) is 0 Å². The van der Waals surface area contributed by atoms with Crippen LogP contribution >= 0.6 is 11.6 Å². The lowest BCUT2D eigenvalue weighted by molar-refractivity contribution is -0.384. The van der Waals surface area contributed by atoms with Crippen LogP contribution in [0.4, 0.5) is 5.69 Å². The highest BCUT2D eigenvalue weighted by Gasteiger charge is 2.11. The van der Waals surface area contributed by atoms with Crippen molar-refractivity contribution in [3.8, 4) is 0 Å². The van der Waals surface area contributed by atoms with Gasteiger partial charge in [0.25, 0.3) is 5.69 Å². The van der Waals surface area contributed by atoms with E-state index in [0.29, 0.717) is 12.2 Å². The highest BCUT2D eigenvalue weighted by molar-refractivity contribution is 6.32. The number of esters is 1. The average Bonchev–Trinajstić information content (AvgIpc) is 2.31. The molecule has 0 radical (unpaired) electrons. The van der Waals surface area contributed by atoms with Crippen LogP contribution in [0.1, 0.15) is 18.9 Å². The van der Waals surface area contributed by atoms with Gasteiger partial charge in [-0.2, -0.15) is 0 Å². The number of rotatable bonds is 5. The zero-order valence-electron chi connectivity index (χ0n) is 9.76. The summed E-state index contributed by atoms with van der Waals surface area (Å²) in [6, 6.07) is 4.44. The van der Waals surface area contributed by atoms with Gasteiger partial charge < -0.3 is 4.74 Å². The highest BCUT2D eigenvalue weighted by atomic mass is 35.5. The summed E-state index contributed by atoms with van der Waals surface area (Å²) in [5.41, 5.74) is 0.449. The Hall–Kier alpha value is -1.88. The van der Waals surface area contributed by atoms with Crippen LogP contribution < -0.4 is 0 Å². The van der Waals surface area contributed by atoms with Crippen molar-refractivity contribution in [1.82, 2.24) is 0 Å². The molecule has 96 valence electrons. The summed E-state index contributed by atoms with van der Waals surface area (Å²) in [4.78, 5) is 21.2. The van der Waals surface area contributed by atoms with Crippen LogP contribution in [0.25, 0.3) is 6.08 Å². The summed E-state index contributed by atoms with van der Waals surface area (Å²) in [5.74, 6) is -0.336. The minimum Gasteiger partial charge on any atom is -0.466 e. The van der Waals surface area contributed by atoms with Gasteiger partial charge in [0.2, 0.25) is 0 Å². The Morgan fingerprint density at radius 1 is 1.56 bits per heavy atom. The van der Waals surface area contributed by atoms with Gasteiger partial charge in [0.05, 0.1) is 18.0 Å². The number of carbonyl (C=O) groups is 1. The smallest absolute Gasteiger partial charge is 0.309 e. The van der Waals surface area contributed by atoms with Crippen LogP contribution in [0, 0.1) is 10.1 Å². The summed E-state index contributed by atoms with van der Waals surface area (Å²) in [7, 11) is 0. The maximum Gasteiger partial charge on any atom is 0.309 e. The zero-order chi connectivity index (χ0) is 13.5. The summed E-state index contributed by atoms with van der Waals surface area (Å²) >= 11 is 5.68. The highest BCUT2D eigenvalue weighted by Crippen LogP contribution is 2.25. The van der Waals surface area contributed by atoms with Gasteiger partial charge in [0, 0.05) is 6.07 Å². The van der Waals surface area contributed by atoms with Crippen molar-refractivity contribution in [2.45, 2.75) is 13.3 Å². The number of hydrogen-bond donors (Lipinski definition) is 0. The van der Waals surface area contributed by atoms with E-state index >= 15 is 0 Å². The Kier molecular flexibility index (Phi) is 5.32. The van der Waals surface area contributed by atoms with Gasteiger partial charge in [0.1, 0.15) is 5.02 Å². The molecule has 0 aliphatic carbocycles. The van der Waals surface area contributed by atoms with E-state index in [4.69, 9.17) is 16.3 Å². The van der Waals surface area contributed by atoms with E-state index in [2.05, 4.69) is 0 Å². The Bertz CT molecular complexity index is 485. The minimum absolute atomic E-state index is 0.0857. The molecule has 1 aromatic carbocycles. The first-order chi connectivity index (χ1) is 8.54. The van der Waals surface area contributed by atoms with Gasteiger partial charge in [-0.25, -0.2) is 0 Å². The fourth-order valence-corrected chi connectivity index (χ4v) is 1.47. The number of nitrogens with zero attached hydrogens (tertiary/aromatic N) is 1. The van der Waals surface area contributed by atoms with E-state index in [9.17, 15) is 14.9 Å². The third-order valence-corrected chi connectivity index (χ3v) is 2.39. The fraction of sp³-hybridized carbons (Fsp3) is 0.250. The maximum atomic E-state index is 11.1. The predicted octanol–water partition coefficient (Wildman–Crippen LogP) is 3.21. The van der Waals surface area contributed by atoms with Crippen molar-refractivity contribution in [2.75, 3.05) is 6.61 Å². The van der Waals surface area contributed by atoms with Crippen molar-refractivity contribution in [2.24, 2.45) is 0 Å². The van der Waals surface area contributed by atoms with Gasteiger partial charge in [0.15, 0.2) is 0 Å². The standard InChI is InChI=1S/C12H12ClNO4/c1-2-18-12(15)5-3-4-9-6-7-10(13)11(8-9)14(16)17/h3-4,6-8H,2,5H2,1H3. The van der Waals surface area contributed by atoms with E-state index in [0.717, 1.165) is 0 Å². The first-order valence-electron chi connectivity index (χ1n) is 5.30. The molecule has 0 amide bonds. The summed E-state index contributed by atoms with van der Waals surface area (Å²) in [6.45, 7) is 2.06. The van der Waals surface area contributed by atoms with Crippen LogP contribution in [-0.2, 0) is 9.53 Å². The lowest BCUT2D eigenvalue weighted by Gasteiger charge is -1.98. The molecule has 0 heterocycles. The van der Waals surface area contributed by atoms with Crippen LogP contribution in [0.2, 0.25) is 5.02 Å². The van der Waals surface area contributed by atoms with Gasteiger partial charge >= 0.3 is 5.97 Å². The molecule has 0 aliphatic rings. The van der Waals surface area contributed by atoms with Crippen LogP contribution in [-0.4, -0.2) is 17.5 Å². The van der Waals surface area contributed by atoms with Crippen LogP contribution in [0.15, 0.2) is 24.3 Å². The molecule has 0 aromatic heterocycles. The lowest BCUT2D eigenvalue weighted by Crippen LogP contribution is -2.01. The summed E-state index contributed by atoms with van der Waals surface area (Å²) in [5, 5.41) is 10.7. The quantitative estimate of drug-likeness (QED) is 0.467. The van der Waals surface area contributed by atoms with E-state index in [1.807, 2.05) is 0 Å². The molecular weight excluding hydrogens is 258 g/mol. The van der Waals surface area contributed by atoms with Crippen molar-refractivity contribution in [3.63, 3.8) is 0 Å². The van der Waals surface area contributed by atoms with Crippen LogP contribution in [0.3, 0.4) is 0 Å². The molecule has 0 saturated heterocycles. The Balaban J connectivity index is 2.73. The SMILES string of the molecule is CCOC(=O)CC=Cc1ccc(Cl)c([N+](=O)[O-])c1. The molecule has 0 fully saturated rings. The number of benzene rings is 1. The number of hydrogen-bond acceptors (Lipinski definition) is 4. The van der Waals surface area contributed by atoms with Crippen molar-refractivity contribution >= 4 is 29.3 Å². The third-order valence-electron chi connectivity index (χ3n) is 2.07. The van der Waals surface area contributed by atoms with E-state index < -0.39 is 4.92 Å². The molecule has 18 heavy (non-hydrogen) atoms. The molecule has 5 nitrogen and oxygen atoms in total. The monoisotopic (exact) mass is 269 g/mol. The fourth-order valence-electron chi connectivity index (χ4n) is 1.28. The Morgan fingerprint density at radius 2 is 2.28 bits per heavy atom. The first-order valence-corrected chi connectivity index (χ1v) is 5.68. The van der Waals surface area contributed by atoms with Gasteiger partial charge in [-0.3, -0.25) is 14.9 Å². The number of nitro benzene ring substituents is 1. The van der Waals surface area contributed by atoms with E-state index in [1.165, 1.54) is 12.1 Å². The molecule has 0 saturated carbocycles. The molecular formula is C12H12ClNO4. The minimum atomic E-state index is -0.551. The normalized spacial score (nSPS) is 10.6. The number of ether oxygens (including phenoxy) is 1. The second-order valence-electron chi connectivity index (χ2n) is 3.38. The first kappa shape index (κ1) is 14.2. The summed E-state index contributed by atoms with van der Waals surface area (Å²) < 4.78 is 4.74. The molecule has 0 unspecified atom stereocenters. The van der Waals surface area contributed by atoms with Crippen molar-refractivity contribution in [3.05, 3.63) is 45.0 Å². The molecule has 0 bridgehead atoms. The molecule has 0 N–H and O–H groups in total. The number of carbonyl (C=O) groups excluding carboxylic acids is 1. The summed E-state index contributed by atoms with van der Waals surface area (Å²) in [6.07, 6.45) is 3.33. The number of nitro groups is 1. The Morgan fingerprint density at radius 3 is 2.89 bits per heavy atom. The molecule has 0 aliphatic heterocycles. The van der Waals surface area contributed by atoms with Crippen molar-refractivity contribution < 1.29 is 14.5 Å². The number of halogens is 1. The predicted molar refractivity (Wildman–Crippen MR) is 68.4 cm³/mol. The Labute approximate surface area is 109 Å². The molecule has 6 heteroatoms. The van der Waals surface area contributed by atoms with E-state index in [1.54, 1.807) is 25.1 Å². The molecule has 1 rings (SSSR count). The topological polar surface area (TPSA) is 69.4 Å². The largest absolute Gasteiger partial charge is 0.466 e. The second kappa shape index (κ2) is 6.76. The van der Waals surface area contributed by atoms with Gasteiger partial charge in [-0.05, 0) is 18.6 Å². The molecule has 0 atom stereocenters. The molecule has 1 aromatic rings. The lowest BCUT2D eigenvalue weighted by atomic mass is 10.2. The maximum absolute atomic E-state index is 11.1. The average molecular weight is 270 g/mol. The third kappa shape index (κ3) is 4.18. The van der Waals surface area contributed by atoms with Gasteiger partial charge in [-0.1, -0.05) is 29.8 Å². The van der Waals surface area contributed by atoms with Crippen LogP contribution in [0.5, 0.6) is 0 Å². The zero-order valence-corrected chi connectivity index (χ0v) is 10.5. The van der Waals surface area contributed by atoms with Gasteiger partial charge in [-0.15, -0.1) is 0 Å². The molecule has 0 spiro atoms.